The lowest BCUT2D eigenvalue weighted by atomic mass is 10.2. The largest absolute Gasteiger partial charge is 0.481 e. The van der Waals surface area contributed by atoms with E-state index in [1.807, 2.05) is 19.0 Å². The van der Waals surface area contributed by atoms with Crippen LogP contribution in [0.25, 0.3) is 0 Å². The van der Waals surface area contributed by atoms with Gasteiger partial charge in [0.25, 0.3) is 0 Å². The number of urea groups is 1. The lowest BCUT2D eigenvalue weighted by Gasteiger charge is -2.23. The summed E-state index contributed by atoms with van der Waals surface area (Å²) in [5.41, 5.74) is 0. The number of carbonyl (C=O) groups excluding carboxylic acids is 1. The highest BCUT2D eigenvalue weighted by Gasteiger charge is 2.35. The van der Waals surface area contributed by atoms with Crippen molar-refractivity contribution in [3.8, 4) is 0 Å². The summed E-state index contributed by atoms with van der Waals surface area (Å²) in [6.45, 7) is 1.82. The maximum Gasteiger partial charge on any atom is 0.320 e. The van der Waals surface area contributed by atoms with E-state index < -0.39 is 5.97 Å². The molecule has 0 aromatic heterocycles. The molecule has 0 spiro atoms. The van der Waals surface area contributed by atoms with Crippen molar-refractivity contribution < 1.29 is 14.7 Å². The zero-order valence-electron chi connectivity index (χ0n) is 10.0. The number of rotatable bonds is 5. The Morgan fingerprint density at radius 2 is 2.19 bits per heavy atom. The van der Waals surface area contributed by atoms with Crippen molar-refractivity contribution in [2.45, 2.75) is 12.5 Å². The molecule has 1 aliphatic rings. The molecule has 0 aliphatic carbocycles. The van der Waals surface area contributed by atoms with Crippen LogP contribution in [0.2, 0.25) is 0 Å². The highest BCUT2D eigenvalue weighted by molar-refractivity contribution is 5.78. The first-order valence-electron chi connectivity index (χ1n) is 5.30. The minimum Gasteiger partial charge on any atom is -0.481 e. The monoisotopic (exact) mass is 229 g/mol. The number of carboxylic acid groups (broad SMARTS) is 1. The number of amides is 2. The molecule has 1 unspecified atom stereocenters. The van der Waals surface area contributed by atoms with Gasteiger partial charge < -0.3 is 19.8 Å². The van der Waals surface area contributed by atoms with Crippen LogP contribution in [-0.2, 0) is 4.79 Å². The van der Waals surface area contributed by atoms with Gasteiger partial charge in [0, 0.05) is 26.7 Å². The van der Waals surface area contributed by atoms with Crippen LogP contribution < -0.4 is 0 Å². The summed E-state index contributed by atoms with van der Waals surface area (Å²) in [6.07, 6.45) is 0.0174. The van der Waals surface area contributed by atoms with Crippen molar-refractivity contribution in [1.29, 1.82) is 0 Å². The van der Waals surface area contributed by atoms with Crippen molar-refractivity contribution in [2.24, 2.45) is 0 Å². The van der Waals surface area contributed by atoms with Gasteiger partial charge in [-0.1, -0.05) is 0 Å². The van der Waals surface area contributed by atoms with Gasteiger partial charge in [-0.2, -0.15) is 0 Å². The SMILES string of the molecule is CN(C)CCN1C(=O)N(C)CC1CC(=O)O. The Morgan fingerprint density at radius 1 is 1.56 bits per heavy atom. The first-order valence-corrected chi connectivity index (χ1v) is 5.30. The molecule has 0 saturated carbocycles. The number of hydrogen-bond donors (Lipinski definition) is 1. The first kappa shape index (κ1) is 12.8. The molecule has 1 aliphatic heterocycles. The summed E-state index contributed by atoms with van der Waals surface area (Å²) < 4.78 is 0. The molecule has 0 radical (unpaired) electrons. The molecule has 0 bridgehead atoms. The molecule has 16 heavy (non-hydrogen) atoms. The second-order valence-corrected chi connectivity index (χ2v) is 4.41. The van der Waals surface area contributed by atoms with Crippen LogP contribution in [0, 0.1) is 0 Å². The van der Waals surface area contributed by atoms with E-state index in [9.17, 15) is 9.59 Å². The number of aliphatic carboxylic acids is 1. The summed E-state index contributed by atoms with van der Waals surface area (Å²) in [5, 5.41) is 8.77. The van der Waals surface area contributed by atoms with Gasteiger partial charge in [0.15, 0.2) is 0 Å². The quantitative estimate of drug-likeness (QED) is 0.706. The van der Waals surface area contributed by atoms with Crippen LogP contribution in [0.5, 0.6) is 0 Å². The minimum atomic E-state index is -0.858. The second kappa shape index (κ2) is 5.16. The summed E-state index contributed by atoms with van der Waals surface area (Å²) in [4.78, 5) is 27.6. The van der Waals surface area contributed by atoms with Crippen LogP contribution in [0.1, 0.15) is 6.42 Å². The topological polar surface area (TPSA) is 64.1 Å². The Morgan fingerprint density at radius 3 is 2.69 bits per heavy atom. The first-order chi connectivity index (χ1) is 7.41. The Hall–Kier alpha value is -1.30. The third-order valence-corrected chi connectivity index (χ3v) is 2.70. The van der Waals surface area contributed by atoms with E-state index in [0.717, 1.165) is 6.54 Å². The van der Waals surface area contributed by atoms with Gasteiger partial charge in [-0.25, -0.2) is 4.79 Å². The van der Waals surface area contributed by atoms with E-state index >= 15 is 0 Å². The smallest absolute Gasteiger partial charge is 0.320 e. The van der Waals surface area contributed by atoms with E-state index in [4.69, 9.17) is 5.11 Å². The van der Waals surface area contributed by atoms with Crippen LogP contribution in [-0.4, -0.2) is 78.6 Å². The Bertz CT molecular complexity index is 280. The van der Waals surface area contributed by atoms with Crippen molar-refractivity contribution >= 4 is 12.0 Å². The van der Waals surface area contributed by atoms with Crippen molar-refractivity contribution in [3.63, 3.8) is 0 Å². The van der Waals surface area contributed by atoms with Gasteiger partial charge in [0.1, 0.15) is 0 Å². The van der Waals surface area contributed by atoms with Crippen molar-refractivity contribution in [1.82, 2.24) is 14.7 Å². The van der Waals surface area contributed by atoms with Gasteiger partial charge in [0.05, 0.1) is 12.5 Å². The van der Waals surface area contributed by atoms with E-state index in [-0.39, 0.29) is 18.5 Å². The molecule has 1 N–H and O–H groups in total. The highest BCUT2D eigenvalue weighted by Crippen LogP contribution is 2.16. The summed E-state index contributed by atoms with van der Waals surface area (Å²) in [5.74, 6) is -0.858. The number of carbonyl (C=O) groups is 2. The van der Waals surface area contributed by atoms with Gasteiger partial charge in [0.2, 0.25) is 0 Å². The lowest BCUT2D eigenvalue weighted by molar-refractivity contribution is -0.137. The molecule has 1 saturated heterocycles. The molecule has 0 aromatic carbocycles. The third kappa shape index (κ3) is 3.10. The summed E-state index contributed by atoms with van der Waals surface area (Å²) in [7, 11) is 5.56. The average molecular weight is 229 g/mol. The third-order valence-electron chi connectivity index (χ3n) is 2.70. The van der Waals surface area contributed by atoms with Crippen LogP contribution in [0.15, 0.2) is 0 Å². The van der Waals surface area contributed by atoms with Gasteiger partial charge >= 0.3 is 12.0 Å². The molecule has 0 aromatic rings. The molecule has 1 heterocycles. The van der Waals surface area contributed by atoms with Crippen LogP contribution >= 0.6 is 0 Å². The Kier molecular flexibility index (Phi) is 4.12. The highest BCUT2D eigenvalue weighted by atomic mass is 16.4. The molecule has 6 nitrogen and oxygen atoms in total. The molecular formula is C10H19N3O3. The lowest BCUT2D eigenvalue weighted by Crippen LogP contribution is -2.40. The van der Waals surface area contributed by atoms with Crippen molar-refractivity contribution in [3.05, 3.63) is 0 Å². The van der Waals surface area contributed by atoms with E-state index in [1.54, 1.807) is 16.8 Å². The van der Waals surface area contributed by atoms with Crippen molar-refractivity contribution in [2.75, 3.05) is 40.8 Å². The predicted molar refractivity (Wildman–Crippen MR) is 59.3 cm³/mol. The fraction of sp³-hybridized carbons (Fsp3) is 0.800. The fourth-order valence-corrected chi connectivity index (χ4v) is 1.83. The maximum absolute atomic E-state index is 11.8. The molecule has 92 valence electrons. The predicted octanol–water partition coefficient (Wildman–Crippen LogP) is -0.241. The minimum absolute atomic E-state index is 0.0174. The zero-order chi connectivity index (χ0) is 12.3. The normalized spacial score (nSPS) is 21.0. The van der Waals surface area contributed by atoms with Crippen LogP contribution in [0.4, 0.5) is 4.79 Å². The average Bonchev–Trinajstić information content (AvgIpc) is 2.39. The van der Waals surface area contributed by atoms with E-state index in [1.165, 1.54) is 0 Å². The zero-order valence-corrected chi connectivity index (χ0v) is 10.0. The standard InChI is InChI=1S/C10H19N3O3/c1-11(2)4-5-13-8(6-9(14)15)7-12(3)10(13)16/h8H,4-7H2,1-3H3,(H,14,15). The Labute approximate surface area is 95.4 Å². The molecule has 1 rings (SSSR count). The maximum atomic E-state index is 11.8. The van der Waals surface area contributed by atoms with E-state index in [0.29, 0.717) is 13.1 Å². The van der Waals surface area contributed by atoms with Gasteiger partial charge in [-0.05, 0) is 14.1 Å². The van der Waals surface area contributed by atoms with Gasteiger partial charge in [-0.3, -0.25) is 4.79 Å². The number of likely N-dealkylation sites (N-methyl/N-ethyl adjacent to an activating group) is 2. The number of nitrogens with zero attached hydrogens (tertiary/aromatic N) is 3. The molecule has 1 atom stereocenters. The molecule has 6 heteroatoms. The molecule has 1 fully saturated rings. The second-order valence-electron chi connectivity index (χ2n) is 4.41. The fourth-order valence-electron chi connectivity index (χ4n) is 1.83. The molecule has 2 amide bonds. The number of hydrogen-bond acceptors (Lipinski definition) is 3. The number of carboxylic acids is 1. The molecular weight excluding hydrogens is 210 g/mol. The van der Waals surface area contributed by atoms with Crippen LogP contribution in [0.3, 0.4) is 0 Å². The Balaban J connectivity index is 2.60. The van der Waals surface area contributed by atoms with E-state index in [2.05, 4.69) is 0 Å². The summed E-state index contributed by atoms with van der Waals surface area (Å²) >= 11 is 0. The van der Waals surface area contributed by atoms with Gasteiger partial charge in [-0.15, -0.1) is 0 Å². The summed E-state index contributed by atoms with van der Waals surface area (Å²) in [6, 6.07) is -0.275.